The van der Waals surface area contributed by atoms with Crippen LogP contribution in [0.1, 0.15) is 59.3 Å². The van der Waals surface area contributed by atoms with E-state index in [0.29, 0.717) is 38.8 Å². The second kappa shape index (κ2) is 8.07. The summed E-state index contributed by atoms with van der Waals surface area (Å²) in [5.41, 5.74) is -1.23. The van der Waals surface area contributed by atoms with Crippen molar-refractivity contribution in [3.8, 4) is 6.07 Å². The number of nitriles is 1. The number of rotatable bonds is 4. The highest BCUT2D eigenvalue weighted by atomic mass is 16.5. The normalized spacial score (nSPS) is 20.3. The van der Waals surface area contributed by atoms with Gasteiger partial charge in [-0.1, -0.05) is 20.8 Å². The first-order chi connectivity index (χ1) is 12.2. The summed E-state index contributed by atoms with van der Waals surface area (Å²) in [6, 6.07) is 2.18. The summed E-state index contributed by atoms with van der Waals surface area (Å²) in [6.45, 7) is 6.34. The fourth-order valence-corrected chi connectivity index (χ4v) is 3.59. The third-order valence-electron chi connectivity index (χ3n) is 5.15. The van der Waals surface area contributed by atoms with Gasteiger partial charge in [0.1, 0.15) is 5.54 Å². The predicted molar refractivity (Wildman–Crippen MR) is 94.7 cm³/mol. The molecule has 26 heavy (non-hydrogen) atoms. The van der Waals surface area contributed by atoms with Gasteiger partial charge in [0.15, 0.2) is 6.61 Å². The zero-order valence-electron chi connectivity index (χ0n) is 16.0. The van der Waals surface area contributed by atoms with Crippen molar-refractivity contribution in [3.63, 3.8) is 0 Å². The summed E-state index contributed by atoms with van der Waals surface area (Å²) in [5.74, 6) is -1.03. The van der Waals surface area contributed by atoms with Crippen molar-refractivity contribution in [2.24, 2.45) is 11.3 Å². The SMILES string of the molecule is CC(C)(C)C(=O)N1CCC(C(=O)OCC(=O)NC2(C#N)CCCC2)CC1. The second-order valence-electron chi connectivity index (χ2n) is 8.37. The van der Waals surface area contributed by atoms with Crippen molar-refractivity contribution in [2.45, 2.75) is 64.8 Å². The first-order valence-corrected chi connectivity index (χ1v) is 9.35. The van der Waals surface area contributed by atoms with Gasteiger partial charge in [-0.2, -0.15) is 5.26 Å². The topological polar surface area (TPSA) is 99.5 Å². The average molecular weight is 363 g/mol. The number of hydrogen-bond donors (Lipinski definition) is 1. The van der Waals surface area contributed by atoms with Gasteiger partial charge in [0.25, 0.3) is 5.91 Å². The molecule has 7 nitrogen and oxygen atoms in total. The highest BCUT2D eigenvalue weighted by Crippen LogP contribution is 2.29. The van der Waals surface area contributed by atoms with Crippen molar-refractivity contribution < 1.29 is 19.1 Å². The lowest BCUT2D eigenvalue weighted by Crippen LogP contribution is -2.47. The lowest BCUT2D eigenvalue weighted by atomic mass is 9.91. The van der Waals surface area contributed by atoms with Crippen LogP contribution in [0.2, 0.25) is 0 Å². The maximum atomic E-state index is 12.3. The summed E-state index contributed by atoms with van der Waals surface area (Å²) in [7, 11) is 0. The molecule has 144 valence electrons. The summed E-state index contributed by atoms with van der Waals surface area (Å²) in [6.07, 6.45) is 4.21. The molecule has 1 aliphatic carbocycles. The Morgan fingerprint density at radius 2 is 1.77 bits per heavy atom. The van der Waals surface area contributed by atoms with Gasteiger partial charge in [0.2, 0.25) is 5.91 Å². The lowest BCUT2D eigenvalue weighted by Gasteiger charge is -2.34. The molecule has 1 saturated carbocycles. The average Bonchev–Trinajstić information content (AvgIpc) is 3.07. The van der Waals surface area contributed by atoms with E-state index < -0.39 is 22.8 Å². The van der Waals surface area contributed by atoms with Crippen molar-refractivity contribution in [1.29, 1.82) is 5.26 Å². The molecule has 0 atom stereocenters. The molecule has 2 rings (SSSR count). The molecule has 0 spiro atoms. The number of hydrogen-bond acceptors (Lipinski definition) is 5. The van der Waals surface area contributed by atoms with Crippen LogP contribution < -0.4 is 5.32 Å². The Bertz CT molecular complexity index is 589. The monoisotopic (exact) mass is 363 g/mol. The Labute approximate surface area is 155 Å². The van der Waals surface area contributed by atoms with Gasteiger partial charge in [-0.05, 0) is 38.5 Å². The predicted octanol–water partition coefficient (Wildman–Crippen LogP) is 1.77. The van der Waals surface area contributed by atoms with Crippen molar-refractivity contribution in [1.82, 2.24) is 10.2 Å². The standard InChI is InChI=1S/C19H29N3O4/c1-18(2,3)17(25)22-10-6-14(7-11-22)16(24)26-12-15(23)21-19(13-20)8-4-5-9-19/h14H,4-12H2,1-3H3,(H,21,23). The quantitative estimate of drug-likeness (QED) is 0.767. The fourth-order valence-electron chi connectivity index (χ4n) is 3.59. The van der Waals surface area contributed by atoms with Gasteiger partial charge in [-0.25, -0.2) is 0 Å². The molecule has 2 aliphatic rings. The number of carbonyl (C=O) groups is 3. The molecule has 7 heteroatoms. The Morgan fingerprint density at radius 1 is 1.19 bits per heavy atom. The molecule has 1 heterocycles. The van der Waals surface area contributed by atoms with Crippen LogP contribution in [0.15, 0.2) is 0 Å². The molecule has 0 bridgehead atoms. The molecule has 0 aromatic heterocycles. The van der Waals surface area contributed by atoms with Gasteiger partial charge in [-0.3, -0.25) is 14.4 Å². The summed E-state index contributed by atoms with van der Waals surface area (Å²) in [5, 5.41) is 12.0. The Hall–Kier alpha value is -2.10. The zero-order chi connectivity index (χ0) is 19.4. The largest absolute Gasteiger partial charge is 0.455 e. The summed E-state index contributed by atoms with van der Waals surface area (Å²) < 4.78 is 5.14. The lowest BCUT2D eigenvalue weighted by molar-refractivity contribution is -0.156. The minimum absolute atomic E-state index is 0.0852. The van der Waals surface area contributed by atoms with E-state index in [9.17, 15) is 19.6 Å². The van der Waals surface area contributed by atoms with Crippen molar-refractivity contribution in [2.75, 3.05) is 19.7 Å². The number of likely N-dealkylation sites (tertiary alicyclic amines) is 1. The Morgan fingerprint density at radius 3 is 2.27 bits per heavy atom. The molecular formula is C19H29N3O4. The highest BCUT2D eigenvalue weighted by Gasteiger charge is 2.36. The summed E-state index contributed by atoms with van der Waals surface area (Å²) in [4.78, 5) is 38.3. The van der Waals surface area contributed by atoms with Crippen LogP contribution in [0.4, 0.5) is 0 Å². The molecule has 0 unspecified atom stereocenters. The van der Waals surface area contributed by atoms with Gasteiger partial charge in [0, 0.05) is 18.5 Å². The van der Waals surface area contributed by atoms with Gasteiger partial charge in [0.05, 0.1) is 12.0 Å². The van der Waals surface area contributed by atoms with Crippen LogP contribution in [-0.4, -0.2) is 47.9 Å². The van der Waals surface area contributed by atoms with E-state index in [2.05, 4.69) is 11.4 Å². The Kier molecular flexibility index (Phi) is 6.27. The fraction of sp³-hybridized carbons (Fsp3) is 0.789. The molecule has 0 aromatic carbocycles. The van der Waals surface area contributed by atoms with Crippen molar-refractivity contribution >= 4 is 17.8 Å². The molecule has 2 amide bonds. The number of amides is 2. The van der Waals surface area contributed by atoms with E-state index in [4.69, 9.17) is 4.74 Å². The maximum Gasteiger partial charge on any atom is 0.309 e. The van der Waals surface area contributed by atoms with E-state index in [-0.39, 0.29) is 18.4 Å². The first kappa shape index (κ1) is 20.2. The maximum absolute atomic E-state index is 12.3. The smallest absolute Gasteiger partial charge is 0.309 e. The van der Waals surface area contributed by atoms with Crippen LogP contribution in [-0.2, 0) is 19.1 Å². The number of nitrogens with zero attached hydrogens (tertiary/aromatic N) is 2. The molecule has 1 saturated heterocycles. The van der Waals surface area contributed by atoms with Crippen LogP contribution >= 0.6 is 0 Å². The second-order valence-corrected chi connectivity index (χ2v) is 8.37. The molecule has 1 N–H and O–H groups in total. The van der Waals surface area contributed by atoms with Crippen LogP contribution in [0.5, 0.6) is 0 Å². The minimum atomic E-state index is -0.803. The van der Waals surface area contributed by atoms with Gasteiger partial charge in [-0.15, -0.1) is 0 Å². The molecule has 2 fully saturated rings. The third kappa shape index (κ3) is 4.96. The van der Waals surface area contributed by atoms with E-state index in [1.54, 1.807) is 4.90 Å². The molecule has 0 radical (unpaired) electrons. The van der Waals surface area contributed by atoms with Crippen molar-refractivity contribution in [3.05, 3.63) is 0 Å². The van der Waals surface area contributed by atoms with E-state index in [0.717, 1.165) is 12.8 Å². The number of esters is 1. The van der Waals surface area contributed by atoms with E-state index in [1.807, 2.05) is 20.8 Å². The van der Waals surface area contributed by atoms with Gasteiger partial charge < -0.3 is 15.0 Å². The van der Waals surface area contributed by atoms with Gasteiger partial charge >= 0.3 is 5.97 Å². The van der Waals surface area contributed by atoms with Crippen LogP contribution in [0.25, 0.3) is 0 Å². The van der Waals surface area contributed by atoms with E-state index in [1.165, 1.54) is 0 Å². The Balaban J connectivity index is 1.75. The number of ether oxygens (including phenoxy) is 1. The van der Waals surface area contributed by atoms with E-state index >= 15 is 0 Å². The molecule has 0 aromatic rings. The molecule has 1 aliphatic heterocycles. The highest BCUT2D eigenvalue weighted by molar-refractivity contribution is 5.83. The third-order valence-corrected chi connectivity index (χ3v) is 5.15. The molecular weight excluding hydrogens is 334 g/mol. The number of carbonyl (C=O) groups excluding carboxylic acids is 3. The zero-order valence-corrected chi connectivity index (χ0v) is 16.0. The number of piperidine rings is 1. The van der Waals surface area contributed by atoms with Crippen LogP contribution in [0.3, 0.4) is 0 Å². The van der Waals surface area contributed by atoms with Crippen LogP contribution in [0, 0.1) is 22.7 Å². The minimum Gasteiger partial charge on any atom is -0.455 e. The summed E-state index contributed by atoms with van der Waals surface area (Å²) >= 11 is 0. The number of nitrogens with one attached hydrogen (secondary N) is 1. The first-order valence-electron chi connectivity index (χ1n) is 9.35.